The van der Waals surface area contributed by atoms with Crippen molar-refractivity contribution in [2.24, 2.45) is 5.92 Å². The van der Waals surface area contributed by atoms with E-state index in [1.54, 1.807) is 19.1 Å². The largest absolute Gasteiger partial charge is 0.393 e. The minimum atomic E-state index is -0.332. The van der Waals surface area contributed by atoms with Crippen molar-refractivity contribution in [1.29, 1.82) is 0 Å². The molecule has 1 fully saturated rings. The van der Waals surface area contributed by atoms with Gasteiger partial charge in [0, 0.05) is 24.7 Å². The highest BCUT2D eigenvalue weighted by atomic mass is 16.6. The summed E-state index contributed by atoms with van der Waals surface area (Å²) in [7, 11) is 2.02. The molecule has 0 aromatic heterocycles. The Morgan fingerprint density at radius 3 is 2.74 bits per heavy atom. The molecule has 104 valence electrons. The van der Waals surface area contributed by atoms with Crippen LogP contribution in [0.2, 0.25) is 0 Å². The number of aliphatic hydroxyl groups is 1. The second kappa shape index (κ2) is 5.67. The number of hydrogen-bond donors (Lipinski definition) is 1. The van der Waals surface area contributed by atoms with Crippen molar-refractivity contribution in [3.63, 3.8) is 0 Å². The molecule has 0 spiro atoms. The fourth-order valence-electron chi connectivity index (χ4n) is 2.68. The lowest BCUT2D eigenvalue weighted by Crippen LogP contribution is -2.36. The third kappa shape index (κ3) is 3.30. The molecule has 1 saturated carbocycles. The molecule has 0 saturated heterocycles. The molecule has 1 aliphatic rings. The number of nitro groups is 1. The van der Waals surface area contributed by atoms with Crippen LogP contribution in [-0.4, -0.2) is 34.6 Å². The highest BCUT2D eigenvalue weighted by molar-refractivity contribution is 5.44. The number of rotatable bonds is 5. The molecule has 19 heavy (non-hydrogen) atoms. The Labute approximate surface area is 113 Å². The standard InChI is InChI=1S/C14H20N2O3/c1-10-12(4-3-5-14(10)16(18)19)9-15(2)8-11-6-13(17)7-11/h3-5,11,13,17H,6-9H2,1-2H3. The summed E-state index contributed by atoms with van der Waals surface area (Å²) >= 11 is 0. The molecule has 0 amide bonds. The molecule has 0 unspecified atom stereocenters. The van der Waals surface area contributed by atoms with E-state index in [4.69, 9.17) is 0 Å². The third-order valence-electron chi connectivity index (χ3n) is 3.84. The Hall–Kier alpha value is -1.46. The number of nitro benzene ring substituents is 1. The van der Waals surface area contributed by atoms with Gasteiger partial charge in [0.2, 0.25) is 0 Å². The van der Waals surface area contributed by atoms with Crippen LogP contribution in [0.4, 0.5) is 5.69 Å². The van der Waals surface area contributed by atoms with Crippen LogP contribution in [0.25, 0.3) is 0 Å². The van der Waals surface area contributed by atoms with Gasteiger partial charge in [-0.05, 0) is 38.3 Å². The first-order valence-corrected chi connectivity index (χ1v) is 6.57. The zero-order valence-electron chi connectivity index (χ0n) is 11.4. The fourth-order valence-corrected chi connectivity index (χ4v) is 2.68. The maximum Gasteiger partial charge on any atom is 0.272 e. The molecule has 0 atom stereocenters. The summed E-state index contributed by atoms with van der Waals surface area (Å²) in [6.07, 6.45) is 1.62. The molecule has 1 aromatic carbocycles. The molecule has 1 aliphatic carbocycles. The van der Waals surface area contributed by atoms with Crippen LogP contribution in [-0.2, 0) is 6.54 Å². The second-order valence-corrected chi connectivity index (χ2v) is 5.51. The summed E-state index contributed by atoms with van der Waals surface area (Å²) < 4.78 is 0. The van der Waals surface area contributed by atoms with E-state index in [0.29, 0.717) is 12.5 Å². The van der Waals surface area contributed by atoms with Crippen molar-refractivity contribution >= 4 is 5.69 Å². The summed E-state index contributed by atoms with van der Waals surface area (Å²) in [5.74, 6) is 0.555. The van der Waals surface area contributed by atoms with Crippen molar-refractivity contribution in [1.82, 2.24) is 4.90 Å². The van der Waals surface area contributed by atoms with Crippen LogP contribution in [0.1, 0.15) is 24.0 Å². The first-order chi connectivity index (χ1) is 8.97. The van der Waals surface area contributed by atoms with Gasteiger partial charge in [-0.3, -0.25) is 10.1 Å². The first kappa shape index (κ1) is 14.0. The highest BCUT2D eigenvalue weighted by Gasteiger charge is 2.28. The summed E-state index contributed by atoms with van der Waals surface area (Å²) in [6, 6.07) is 5.22. The Bertz CT molecular complexity index is 470. The van der Waals surface area contributed by atoms with Crippen LogP contribution in [0, 0.1) is 23.0 Å². The van der Waals surface area contributed by atoms with Gasteiger partial charge in [-0.15, -0.1) is 0 Å². The van der Waals surface area contributed by atoms with E-state index >= 15 is 0 Å². The van der Waals surface area contributed by atoms with Gasteiger partial charge >= 0.3 is 0 Å². The van der Waals surface area contributed by atoms with Crippen molar-refractivity contribution < 1.29 is 10.0 Å². The van der Waals surface area contributed by atoms with Gasteiger partial charge in [0.1, 0.15) is 0 Å². The quantitative estimate of drug-likeness (QED) is 0.653. The van der Waals surface area contributed by atoms with Crippen molar-refractivity contribution in [3.8, 4) is 0 Å². The van der Waals surface area contributed by atoms with E-state index in [-0.39, 0.29) is 16.7 Å². The van der Waals surface area contributed by atoms with Crippen molar-refractivity contribution in [2.75, 3.05) is 13.6 Å². The summed E-state index contributed by atoms with van der Waals surface area (Å²) in [5, 5.41) is 20.2. The van der Waals surface area contributed by atoms with Gasteiger partial charge in [0.15, 0.2) is 0 Å². The fraction of sp³-hybridized carbons (Fsp3) is 0.571. The van der Waals surface area contributed by atoms with E-state index in [1.807, 2.05) is 13.1 Å². The maximum atomic E-state index is 10.9. The Morgan fingerprint density at radius 1 is 1.47 bits per heavy atom. The van der Waals surface area contributed by atoms with Gasteiger partial charge in [0.05, 0.1) is 11.0 Å². The molecule has 1 N–H and O–H groups in total. The van der Waals surface area contributed by atoms with E-state index in [0.717, 1.165) is 30.5 Å². The van der Waals surface area contributed by atoms with Crippen LogP contribution < -0.4 is 0 Å². The predicted molar refractivity (Wildman–Crippen MR) is 72.9 cm³/mol. The lowest BCUT2D eigenvalue weighted by atomic mass is 9.82. The normalized spacial score (nSPS) is 22.3. The van der Waals surface area contributed by atoms with Crippen LogP contribution in [0.15, 0.2) is 18.2 Å². The maximum absolute atomic E-state index is 10.9. The molecular formula is C14H20N2O3. The van der Waals surface area contributed by atoms with Gasteiger partial charge in [-0.2, -0.15) is 0 Å². The minimum absolute atomic E-state index is 0.127. The smallest absolute Gasteiger partial charge is 0.272 e. The summed E-state index contributed by atoms with van der Waals surface area (Å²) in [4.78, 5) is 12.7. The Balaban J connectivity index is 1.98. The van der Waals surface area contributed by atoms with Crippen LogP contribution >= 0.6 is 0 Å². The third-order valence-corrected chi connectivity index (χ3v) is 3.84. The predicted octanol–water partition coefficient (Wildman–Crippen LogP) is 2.11. The zero-order valence-corrected chi connectivity index (χ0v) is 11.4. The lowest BCUT2D eigenvalue weighted by molar-refractivity contribution is -0.385. The molecule has 5 nitrogen and oxygen atoms in total. The molecule has 2 rings (SSSR count). The monoisotopic (exact) mass is 264 g/mol. The average molecular weight is 264 g/mol. The van der Waals surface area contributed by atoms with Crippen molar-refractivity contribution in [3.05, 3.63) is 39.4 Å². The van der Waals surface area contributed by atoms with E-state index in [1.165, 1.54) is 0 Å². The van der Waals surface area contributed by atoms with Gasteiger partial charge in [0.25, 0.3) is 5.69 Å². The molecule has 0 aliphatic heterocycles. The highest BCUT2D eigenvalue weighted by Crippen LogP contribution is 2.28. The van der Waals surface area contributed by atoms with E-state index < -0.39 is 0 Å². The minimum Gasteiger partial charge on any atom is -0.393 e. The number of nitrogens with zero attached hydrogens (tertiary/aromatic N) is 2. The number of hydrogen-bond acceptors (Lipinski definition) is 4. The first-order valence-electron chi connectivity index (χ1n) is 6.57. The topological polar surface area (TPSA) is 66.6 Å². The molecule has 1 aromatic rings. The SMILES string of the molecule is Cc1c(CN(C)CC2CC(O)C2)cccc1[N+](=O)[O-]. The Morgan fingerprint density at radius 2 is 2.16 bits per heavy atom. The molecule has 5 heteroatoms. The average Bonchev–Trinajstić information content (AvgIpc) is 2.29. The summed E-state index contributed by atoms with van der Waals surface area (Å²) in [6.45, 7) is 3.44. The lowest BCUT2D eigenvalue weighted by Gasteiger charge is -2.34. The zero-order chi connectivity index (χ0) is 14.0. The van der Waals surface area contributed by atoms with Gasteiger partial charge in [-0.1, -0.05) is 12.1 Å². The van der Waals surface area contributed by atoms with E-state index in [2.05, 4.69) is 4.90 Å². The number of benzene rings is 1. The van der Waals surface area contributed by atoms with Gasteiger partial charge < -0.3 is 10.0 Å². The molecule has 0 heterocycles. The van der Waals surface area contributed by atoms with Crippen LogP contribution in [0.5, 0.6) is 0 Å². The molecule has 0 radical (unpaired) electrons. The van der Waals surface area contributed by atoms with E-state index in [9.17, 15) is 15.2 Å². The van der Waals surface area contributed by atoms with Crippen molar-refractivity contribution in [2.45, 2.75) is 32.4 Å². The summed E-state index contributed by atoms with van der Waals surface area (Å²) in [5.41, 5.74) is 1.93. The van der Waals surface area contributed by atoms with Crippen LogP contribution in [0.3, 0.4) is 0 Å². The second-order valence-electron chi connectivity index (χ2n) is 5.51. The number of aliphatic hydroxyl groups excluding tert-OH is 1. The molecule has 0 bridgehead atoms. The Kier molecular flexibility index (Phi) is 4.17. The van der Waals surface area contributed by atoms with Gasteiger partial charge in [-0.25, -0.2) is 0 Å². The molecular weight excluding hydrogens is 244 g/mol.